The Bertz CT molecular complexity index is 541. The molecule has 4 nitrogen and oxygen atoms in total. The van der Waals surface area contributed by atoms with Gasteiger partial charge in [0.1, 0.15) is 0 Å². The number of nitrogens with two attached hydrogens (primary N) is 1. The number of amides is 1. The minimum atomic E-state index is -0.0487. The maximum absolute atomic E-state index is 12.5. The molecular formula is C17H24N2O2. The average molecular weight is 288 g/mol. The van der Waals surface area contributed by atoms with Crippen LogP contribution in [0, 0.1) is 18.8 Å². The zero-order chi connectivity index (χ0) is 15.8. The fraction of sp³-hybridized carbons (Fsp3) is 0.471. The zero-order valence-electron chi connectivity index (χ0n) is 13.3. The molecule has 1 aromatic rings. The van der Waals surface area contributed by atoms with Gasteiger partial charge in [-0.2, -0.15) is 0 Å². The van der Waals surface area contributed by atoms with E-state index in [-0.39, 0.29) is 18.6 Å². The summed E-state index contributed by atoms with van der Waals surface area (Å²) in [7, 11) is 1.77. The van der Waals surface area contributed by atoms with Crippen molar-refractivity contribution >= 4 is 5.91 Å². The summed E-state index contributed by atoms with van der Waals surface area (Å²) in [5.74, 6) is 5.71. The predicted octanol–water partition coefficient (Wildman–Crippen LogP) is 1.80. The molecule has 21 heavy (non-hydrogen) atoms. The lowest BCUT2D eigenvalue weighted by Gasteiger charge is -2.19. The molecule has 4 heteroatoms. The van der Waals surface area contributed by atoms with Crippen molar-refractivity contribution in [1.29, 1.82) is 0 Å². The molecule has 0 radical (unpaired) electrons. The van der Waals surface area contributed by atoms with Crippen LogP contribution in [-0.4, -0.2) is 43.7 Å². The highest BCUT2D eigenvalue weighted by atomic mass is 16.5. The Kier molecular flexibility index (Phi) is 6.93. The Balaban J connectivity index is 2.87. The highest BCUT2D eigenvalue weighted by Crippen LogP contribution is 2.13. The highest BCUT2D eigenvalue weighted by Gasteiger charge is 2.15. The van der Waals surface area contributed by atoms with Crippen LogP contribution in [0.3, 0.4) is 0 Å². The molecule has 1 amide bonds. The number of aryl methyl sites for hydroxylation is 1. The highest BCUT2D eigenvalue weighted by molar-refractivity contribution is 5.96. The fourth-order valence-electron chi connectivity index (χ4n) is 1.82. The molecule has 0 fully saturated rings. The fourth-order valence-corrected chi connectivity index (χ4v) is 1.82. The third-order valence-corrected chi connectivity index (χ3v) is 2.96. The number of ether oxygens (including phenoxy) is 1. The number of hydrogen-bond acceptors (Lipinski definition) is 3. The summed E-state index contributed by atoms with van der Waals surface area (Å²) in [6.07, 6.45) is 0.165. The van der Waals surface area contributed by atoms with Crippen molar-refractivity contribution in [3.05, 3.63) is 34.9 Å². The molecule has 0 aliphatic rings. The first-order chi connectivity index (χ1) is 9.95. The van der Waals surface area contributed by atoms with Crippen molar-refractivity contribution in [3.63, 3.8) is 0 Å². The Morgan fingerprint density at radius 1 is 1.43 bits per heavy atom. The van der Waals surface area contributed by atoms with E-state index in [1.54, 1.807) is 11.9 Å². The van der Waals surface area contributed by atoms with E-state index in [1.807, 2.05) is 39.0 Å². The van der Waals surface area contributed by atoms with Crippen LogP contribution >= 0.6 is 0 Å². The first kappa shape index (κ1) is 17.2. The van der Waals surface area contributed by atoms with Gasteiger partial charge >= 0.3 is 0 Å². The summed E-state index contributed by atoms with van der Waals surface area (Å²) < 4.78 is 5.48. The first-order valence-corrected chi connectivity index (χ1v) is 7.12. The summed E-state index contributed by atoms with van der Waals surface area (Å²) >= 11 is 0. The lowest BCUT2D eigenvalue weighted by molar-refractivity contribution is 0.0532. The van der Waals surface area contributed by atoms with E-state index in [0.717, 1.165) is 5.56 Å². The number of nitrogens with zero attached hydrogens (tertiary/aromatic N) is 1. The molecule has 0 unspecified atom stereocenters. The standard InChI is InChI=1S/C17H24N2O2/c1-13(2)21-11-10-19(4)17(20)16-12-14(3)7-8-15(16)6-5-9-18/h7-8,12-13H,9-11,18H2,1-4H3. The SMILES string of the molecule is Cc1ccc(C#CCN)c(C(=O)N(C)CCOC(C)C)c1. The Morgan fingerprint density at radius 2 is 2.14 bits per heavy atom. The molecule has 0 saturated heterocycles. The smallest absolute Gasteiger partial charge is 0.254 e. The van der Waals surface area contributed by atoms with Crippen LogP contribution in [0.15, 0.2) is 18.2 Å². The Morgan fingerprint density at radius 3 is 2.76 bits per heavy atom. The topological polar surface area (TPSA) is 55.6 Å². The summed E-state index contributed by atoms with van der Waals surface area (Å²) in [6, 6.07) is 5.67. The van der Waals surface area contributed by atoms with Crippen molar-refractivity contribution < 1.29 is 9.53 Å². The number of likely N-dealkylation sites (N-methyl/N-ethyl adjacent to an activating group) is 1. The molecule has 1 aromatic carbocycles. The van der Waals surface area contributed by atoms with Crippen LogP contribution in [0.5, 0.6) is 0 Å². The van der Waals surface area contributed by atoms with E-state index in [4.69, 9.17) is 10.5 Å². The molecule has 1 rings (SSSR count). The van der Waals surface area contributed by atoms with Gasteiger partial charge in [-0.3, -0.25) is 4.79 Å². The Labute approximate surface area is 127 Å². The van der Waals surface area contributed by atoms with Crippen molar-refractivity contribution in [1.82, 2.24) is 4.90 Å². The molecule has 0 bridgehead atoms. The minimum absolute atomic E-state index is 0.0487. The molecule has 0 saturated carbocycles. The summed E-state index contributed by atoms with van der Waals surface area (Å²) in [5.41, 5.74) is 7.76. The molecular weight excluding hydrogens is 264 g/mol. The summed E-state index contributed by atoms with van der Waals surface area (Å²) in [6.45, 7) is 7.26. The van der Waals surface area contributed by atoms with E-state index >= 15 is 0 Å². The van der Waals surface area contributed by atoms with Gasteiger partial charge in [0.15, 0.2) is 0 Å². The number of carbonyl (C=O) groups is 1. The molecule has 0 spiro atoms. The normalized spacial score (nSPS) is 10.2. The monoisotopic (exact) mass is 288 g/mol. The Hall–Kier alpha value is -1.83. The lowest BCUT2D eigenvalue weighted by atomic mass is 10.0. The molecule has 0 aromatic heterocycles. The molecule has 0 atom stereocenters. The second-order valence-corrected chi connectivity index (χ2v) is 5.20. The quantitative estimate of drug-likeness (QED) is 0.841. The van der Waals surface area contributed by atoms with Gasteiger partial charge in [-0.15, -0.1) is 0 Å². The summed E-state index contributed by atoms with van der Waals surface area (Å²) in [4.78, 5) is 14.2. The zero-order valence-corrected chi connectivity index (χ0v) is 13.3. The van der Waals surface area contributed by atoms with Crippen LogP contribution in [0.25, 0.3) is 0 Å². The number of carbonyl (C=O) groups excluding carboxylic acids is 1. The molecule has 2 N–H and O–H groups in total. The van der Waals surface area contributed by atoms with Crippen LogP contribution in [0.4, 0.5) is 0 Å². The van der Waals surface area contributed by atoms with Crippen molar-refractivity contribution in [2.24, 2.45) is 5.73 Å². The summed E-state index contributed by atoms with van der Waals surface area (Å²) in [5, 5.41) is 0. The van der Waals surface area contributed by atoms with E-state index in [2.05, 4.69) is 11.8 Å². The lowest BCUT2D eigenvalue weighted by Crippen LogP contribution is -2.31. The van der Waals surface area contributed by atoms with E-state index in [1.165, 1.54) is 0 Å². The van der Waals surface area contributed by atoms with Crippen LogP contribution in [0.1, 0.15) is 35.3 Å². The number of hydrogen-bond donors (Lipinski definition) is 1. The van der Waals surface area contributed by atoms with Gasteiger partial charge in [0, 0.05) is 19.2 Å². The number of rotatable bonds is 5. The van der Waals surface area contributed by atoms with E-state index in [9.17, 15) is 4.79 Å². The third-order valence-electron chi connectivity index (χ3n) is 2.96. The van der Waals surface area contributed by atoms with Crippen LogP contribution in [0.2, 0.25) is 0 Å². The first-order valence-electron chi connectivity index (χ1n) is 7.12. The maximum Gasteiger partial charge on any atom is 0.254 e. The van der Waals surface area contributed by atoms with Crippen molar-refractivity contribution in [3.8, 4) is 11.8 Å². The minimum Gasteiger partial charge on any atom is -0.377 e. The van der Waals surface area contributed by atoms with Gasteiger partial charge in [0.2, 0.25) is 0 Å². The van der Waals surface area contributed by atoms with Gasteiger partial charge in [-0.25, -0.2) is 0 Å². The van der Waals surface area contributed by atoms with Gasteiger partial charge in [-0.1, -0.05) is 23.5 Å². The third kappa shape index (κ3) is 5.58. The van der Waals surface area contributed by atoms with E-state index < -0.39 is 0 Å². The predicted molar refractivity (Wildman–Crippen MR) is 85.2 cm³/mol. The van der Waals surface area contributed by atoms with Crippen molar-refractivity contribution in [2.75, 3.05) is 26.7 Å². The average Bonchev–Trinajstić information content (AvgIpc) is 2.44. The van der Waals surface area contributed by atoms with Crippen LogP contribution < -0.4 is 5.73 Å². The van der Waals surface area contributed by atoms with Gasteiger partial charge in [0.05, 0.1) is 24.8 Å². The molecule has 0 aliphatic carbocycles. The molecule has 114 valence electrons. The van der Waals surface area contributed by atoms with Gasteiger partial charge in [-0.05, 0) is 32.9 Å². The second kappa shape index (κ2) is 8.46. The van der Waals surface area contributed by atoms with Gasteiger partial charge in [0.25, 0.3) is 5.91 Å². The number of benzene rings is 1. The largest absolute Gasteiger partial charge is 0.377 e. The van der Waals surface area contributed by atoms with E-state index in [0.29, 0.717) is 24.3 Å². The van der Waals surface area contributed by atoms with Crippen molar-refractivity contribution in [2.45, 2.75) is 26.9 Å². The second-order valence-electron chi connectivity index (χ2n) is 5.20. The van der Waals surface area contributed by atoms with Crippen LogP contribution in [-0.2, 0) is 4.74 Å². The molecule has 0 heterocycles. The molecule has 0 aliphatic heterocycles. The van der Waals surface area contributed by atoms with Gasteiger partial charge < -0.3 is 15.4 Å². The maximum atomic E-state index is 12.5.